The van der Waals surface area contributed by atoms with Gasteiger partial charge in [0.25, 0.3) is 16.1 Å². The second-order valence-electron chi connectivity index (χ2n) is 5.71. The maximum atomic E-state index is 14.0. The van der Waals surface area contributed by atoms with Gasteiger partial charge in [0, 0.05) is 18.0 Å². The number of halogens is 1. The fourth-order valence-corrected chi connectivity index (χ4v) is 3.23. The highest BCUT2D eigenvalue weighted by Crippen LogP contribution is 2.29. The van der Waals surface area contributed by atoms with E-state index < -0.39 is 51.9 Å². The van der Waals surface area contributed by atoms with Gasteiger partial charge in [-0.05, 0) is 18.2 Å². The summed E-state index contributed by atoms with van der Waals surface area (Å²) in [7, 11) is -4.96. The summed E-state index contributed by atoms with van der Waals surface area (Å²) in [6, 6.07) is 6.17. The van der Waals surface area contributed by atoms with Crippen LogP contribution < -0.4 is 4.74 Å². The summed E-state index contributed by atoms with van der Waals surface area (Å²) in [6.45, 7) is 0. The molecule has 0 bridgehead atoms. The van der Waals surface area contributed by atoms with Crippen molar-refractivity contribution in [2.45, 2.75) is 30.0 Å². The van der Waals surface area contributed by atoms with Crippen molar-refractivity contribution in [1.29, 1.82) is 0 Å². The molecule has 0 spiro atoms. The zero-order valence-electron chi connectivity index (χ0n) is 13.5. The van der Waals surface area contributed by atoms with Gasteiger partial charge in [-0.1, -0.05) is 6.07 Å². The largest absolute Gasteiger partial charge is 0.457 e. The molecule has 12 heteroatoms. The smallest absolute Gasteiger partial charge is 0.295 e. The normalized spacial score (nSPS) is 28.7. The van der Waals surface area contributed by atoms with E-state index in [-0.39, 0.29) is 0 Å². The third kappa shape index (κ3) is 4.05. The summed E-state index contributed by atoms with van der Waals surface area (Å²) in [4.78, 5) is 7.56. The first kappa shape index (κ1) is 19.5. The number of aromatic nitrogens is 2. The van der Waals surface area contributed by atoms with E-state index >= 15 is 0 Å². The Balaban J connectivity index is 1.89. The van der Waals surface area contributed by atoms with Crippen molar-refractivity contribution < 1.29 is 42.2 Å². The summed E-state index contributed by atoms with van der Waals surface area (Å²) in [5.74, 6) is -1.63. The molecule has 1 aliphatic rings. The first-order chi connectivity index (χ1) is 12.7. The number of aliphatic hydroxyl groups is 3. The number of ether oxygens (including phenoxy) is 2. The highest BCUT2D eigenvalue weighted by Gasteiger charge is 2.50. The van der Waals surface area contributed by atoms with E-state index in [2.05, 4.69) is 9.97 Å². The summed E-state index contributed by atoms with van der Waals surface area (Å²) in [5, 5.41) is 29.4. The molecule has 3 heterocycles. The van der Waals surface area contributed by atoms with Gasteiger partial charge < -0.3 is 24.8 Å². The molecule has 0 amide bonds. The van der Waals surface area contributed by atoms with Crippen LogP contribution in [0.4, 0.5) is 4.39 Å². The Kier molecular flexibility index (Phi) is 5.37. The minimum Gasteiger partial charge on any atom is -0.457 e. The van der Waals surface area contributed by atoms with Crippen LogP contribution in [-0.4, -0.2) is 68.3 Å². The molecule has 0 radical (unpaired) electrons. The number of aliphatic hydroxyl groups excluding tert-OH is 3. The molecular weight excluding hydrogens is 387 g/mol. The molecular formula is C15H15FN2O8S. The van der Waals surface area contributed by atoms with Crippen molar-refractivity contribution >= 4 is 10.1 Å². The number of pyridine rings is 2. The van der Waals surface area contributed by atoms with Crippen LogP contribution in [0.25, 0.3) is 11.3 Å². The SMILES string of the molecule is O=S(=O)(O)C1O[C@@H](Oc2cc(-c3ccccn3)cnc2F)[C@H](O)[C@@H](O)[C@@H]1O. The third-order valence-corrected chi connectivity index (χ3v) is 4.81. The molecule has 5 atom stereocenters. The van der Waals surface area contributed by atoms with Gasteiger partial charge >= 0.3 is 0 Å². The first-order valence-electron chi connectivity index (χ1n) is 7.58. The van der Waals surface area contributed by atoms with Crippen LogP contribution in [0.15, 0.2) is 36.7 Å². The molecule has 2 aromatic heterocycles. The zero-order valence-corrected chi connectivity index (χ0v) is 14.3. The van der Waals surface area contributed by atoms with Crippen LogP contribution in [-0.2, 0) is 14.9 Å². The lowest BCUT2D eigenvalue weighted by Gasteiger charge is -2.38. The van der Waals surface area contributed by atoms with Crippen molar-refractivity contribution in [1.82, 2.24) is 9.97 Å². The topological polar surface area (TPSA) is 159 Å². The van der Waals surface area contributed by atoms with Gasteiger partial charge in [-0.15, -0.1) is 0 Å². The fraction of sp³-hybridized carbons (Fsp3) is 0.333. The molecule has 0 aliphatic carbocycles. The minimum absolute atomic E-state index is 0.351. The highest BCUT2D eigenvalue weighted by molar-refractivity contribution is 7.86. The van der Waals surface area contributed by atoms with Crippen molar-refractivity contribution in [3.8, 4) is 17.0 Å². The average molecular weight is 402 g/mol. The van der Waals surface area contributed by atoms with E-state index in [9.17, 15) is 28.1 Å². The third-order valence-electron chi connectivity index (χ3n) is 3.83. The Labute approximate surface area is 152 Å². The Morgan fingerprint density at radius 1 is 1.11 bits per heavy atom. The maximum absolute atomic E-state index is 14.0. The Morgan fingerprint density at radius 3 is 2.48 bits per heavy atom. The Morgan fingerprint density at radius 2 is 1.85 bits per heavy atom. The predicted molar refractivity (Wildman–Crippen MR) is 86.3 cm³/mol. The standard InChI is InChI=1S/C15H15FN2O8S/c16-13-9(5-7(6-18-13)8-3-1-2-4-17-8)25-14-11(20)10(19)12(21)15(26-14)27(22,23)24/h1-6,10-12,14-15,19-21H,(H,22,23,24)/t10-,11-,12+,14-,15?/m1/s1. The van der Waals surface area contributed by atoms with Crippen molar-refractivity contribution in [2.24, 2.45) is 0 Å². The molecule has 3 rings (SSSR count). The van der Waals surface area contributed by atoms with Gasteiger partial charge in [-0.25, -0.2) is 4.98 Å². The summed E-state index contributed by atoms with van der Waals surface area (Å²) >= 11 is 0. The molecule has 0 aromatic carbocycles. The van der Waals surface area contributed by atoms with Crippen molar-refractivity contribution in [3.63, 3.8) is 0 Å². The number of hydrogen-bond acceptors (Lipinski definition) is 9. The van der Waals surface area contributed by atoms with E-state index in [4.69, 9.17) is 14.0 Å². The molecule has 1 aliphatic heterocycles. The van der Waals surface area contributed by atoms with Crippen LogP contribution in [0.3, 0.4) is 0 Å². The van der Waals surface area contributed by atoms with Gasteiger partial charge in [-0.2, -0.15) is 12.8 Å². The molecule has 27 heavy (non-hydrogen) atoms. The maximum Gasteiger partial charge on any atom is 0.295 e. The minimum atomic E-state index is -4.96. The fourth-order valence-electron chi connectivity index (χ4n) is 2.47. The van der Waals surface area contributed by atoms with E-state index in [0.717, 1.165) is 0 Å². The predicted octanol–water partition coefficient (Wildman–Crippen LogP) is -0.686. The van der Waals surface area contributed by atoms with Crippen LogP contribution >= 0.6 is 0 Å². The van der Waals surface area contributed by atoms with E-state index in [0.29, 0.717) is 11.3 Å². The summed E-state index contributed by atoms with van der Waals surface area (Å²) in [6.07, 6.45) is -5.34. The van der Waals surface area contributed by atoms with Gasteiger partial charge in [0.15, 0.2) is 5.75 Å². The number of rotatable bonds is 4. The molecule has 10 nitrogen and oxygen atoms in total. The summed E-state index contributed by atoms with van der Waals surface area (Å²) < 4.78 is 55.6. The quantitative estimate of drug-likeness (QED) is 0.381. The number of hydrogen-bond donors (Lipinski definition) is 4. The molecule has 1 fully saturated rings. The second-order valence-corrected chi connectivity index (χ2v) is 7.20. The Hall–Kier alpha value is -2.22. The van der Waals surface area contributed by atoms with Crippen LogP contribution in [0.1, 0.15) is 0 Å². The van der Waals surface area contributed by atoms with E-state index in [1.54, 1.807) is 18.2 Å². The van der Waals surface area contributed by atoms with Crippen molar-refractivity contribution in [2.75, 3.05) is 0 Å². The lowest BCUT2D eigenvalue weighted by Crippen LogP contribution is -2.61. The van der Waals surface area contributed by atoms with Gasteiger partial charge in [0.2, 0.25) is 11.7 Å². The average Bonchev–Trinajstić information content (AvgIpc) is 2.63. The molecule has 4 N–H and O–H groups in total. The van der Waals surface area contributed by atoms with E-state index in [1.165, 1.54) is 18.5 Å². The van der Waals surface area contributed by atoms with Crippen molar-refractivity contribution in [3.05, 3.63) is 42.6 Å². The highest BCUT2D eigenvalue weighted by atomic mass is 32.2. The van der Waals surface area contributed by atoms with Crippen LogP contribution in [0.5, 0.6) is 5.75 Å². The molecule has 1 saturated heterocycles. The second kappa shape index (κ2) is 7.42. The van der Waals surface area contributed by atoms with Gasteiger partial charge in [0.05, 0.1) is 5.69 Å². The number of nitrogens with zero attached hydrogens (tertiary/aromatic N) is 2. The van der Waals surface area contributed by atoms with Gasteiger partial charge in [-0.3, -0.25) is 9.54 Å². The van der Waals surface area contributed by atoms with Gasteiger partial charge in [0.1, 0.15) is 18.3 Å². The molecule has 2 aromatic rings. The lowest BCUT2D eigenvalue weighted by molar-refractivity contribution is -0.254. The zero-order chi connectivity index (χ0) is 19.8. The lowest BCUT2D eigenvalue weighted by atomic mass is 10.1. The first-order valence-corrected chi connectivity index (χ1v) is 9.08. The monoisotopic (exact) mass is 402 g/mol. The van der Waals surface area contributed by atoms with Crippen LogP contribution in [0, 0.1) is 5.95 Å². The van der Waals surface area contributed by atoms with E-state index in [1.807, 2.05) is 0 Å². The van der Waals surface area contributed by atoms with Crippen LogP contribution in [0.2, 0.25) is 0 Å². The summed E-state index contributed by atoms with van der Waals surface area (Å²) in [5.41, 5.74) is -1.51. The molecule has 0 saturated carbocycles. The molecule has 1 unspecified atom stereocenters. The Bertz CT molecular complexity index is 913. The molecule has 146 valence electrons.